The van der Waals surface area contributed by atoms with Gasteiger partial charge in [-0.25, -0.2) is 0 Å². The minimum Gasteiger partial charge on any atom is -0.388 e. The van der Waals surface area contributed by atoms with Gasteiger partial charge in [0.05, 0.1) is 5.56 Å². The molecule has 0 atom stereocenters. The summed E-state index contributed by atoms with van der Waals surface area (Å²) >= 11 is 0. The zero-order valence-corrected chi connectivity index (χ0v) is 11.0. The van der Waals surface area contributed by atoms with Crippen LogP contribution in [0.5, 0.6) is 0 Å². The highest BCUT2D eigenvalue weighted by Gasteiger charge is 2.30. The summed E-state index contributed by atoms with van der Waals surface area (Å²) in [6.45, 7) is 3.90. The summed E-state index contributed by atoms with van der Waals surface area (Å²) in [5.41, 5.74) is 2.52. The number of alkyl halides is 3. The Morgan fingerprint density at radius 2 is 1.60 bits per heavy atom. The minimum absolute atomic E-state index is 0.647. The van der Waals surface area contributed by atoms with Crippen molar-refractivity contribution in [2.75, 3.05) is 7.05 Å². The molecule has 0 saturated carbocycles. The molecule has 0 aliphatic carbocycles. The van der Waals surface area contributed by atoms with Gasteiger partial charge in [0.1, 0.15) is 0 Å². The molecule has 0 spiro atoms. The predicted molar refractivity (Wildman–Crippen MR) is 75.0 cm³/mol. The molecule has 0 fully saturated rings. The molecule has 4 heteroatoms. The normalized spacial score (nSPS) is 11.2. The molecular weight excluding hydrogens is 263 g/mol. The van der Waals surface area contributed by atoms with Crippen molar-refractivity contribution in [1.29, 1.82) is 0 Å². The van der Waals surface area contributed by atoms with Crippen LogP contribution in [0.15, 0.2) is 55.1 Å². The van der Waals surface area contributed by atoms with E-state index in [0.29, 0.717) is 0 Å². The second-order valence-corrected chi connectivity index (χ2v) is 4.35. The van der Waals surface area contributed by atoms with E-state index >= 15 is 0 Å². The maximum Gasteiger partial charge on any atom is 0.416 e. The Balaban J connectivity index is 2.45. The Hall–Kier alpha value is -2.23. The van der Waals surface area contributed by atoms with Crippen molar-refractivity contribution in [1.82, 2.24) is 5.32 Å². The van der Waals surface area contributed by atoms with Crippen LogP contribution in [0, 0.1) is 0 Å². The maximum absolute atomic E-state index is 12.6. The number of rotatable bonds is 3. The largest absolute Gasteiger partial charge is 0.416 e. The number of nitrogens with one attached hydrogen (secondary N) is 1. The molecule has 0 radical (unpaired) electrons. The Labute approximate surface area is 115 Å². The van der Waals surface area contributed by atoms with E-state index < -0.39 is 11.7 Å². The molecular formula is C16H14F3N. The summed E-state index contributed by atoms with van der Waals surface area (Å²) in [5.74, 6) is 0. The molecule has 2 aromatic carbocycles. The van der Waals surface area contributed by atoms with Gasteiger partial charge in [-0.2, -0.15) is 13.2 Å². The van der Waals surface area contributed by atoms with Crippen LogP contribution in [0.2, 0.25) is 0 Å². The van der Waals surface area contributed by atoms with Crippen LogP contribution < -0.4 is 5.32 Å². The van der Waals surface area contributed by atoms with E-state index in [2.05, 4.69) is 11.9 Å². The molecule has 0 aromatic heterocycles. The first-order valence-corrected chi connectivity index (χ1v) is 6.07. The molecule has 1 nitrogen and oxygen atoms in total. The van der Waals surface area contributed by atoms with E-state index in [1.54, 1.807) is 7.05 Å². The average molecular weight is 277 g/mol. The molecule has 0 amide bonds. The molecule has 2 aromatic rings. The quantitative estimate of drug-likeness (QED) is 0.867. The van der Waals surface area contributed by atoms with Crippen molar-refractivity contribution in [3.63, 3.8) is 0 Å². The Morgan fingerprint density at radius 3 is 2.15 bits per heavy atom. The fraction of sp³-hybridized carbons (Fsp3) is 0.125. The summed E-state index contributed by atoms with van der Waals surface area (Å²) in [5, 5.41) is 2.95. The fourth-order valence-corrected chi connectivity index (χ4v) is 1.97. The first-order chi connectivity index (χ1) is 9.43. The standard InChI is InChI=1S/C16H14F3N/c1-11(20-2)14-5-3-4-6-15(14)12-7-9-13(10-8-12)16(17,18)19/h3-10,20H,1H2,2H3. The van der Waals surface area contributed by atoms with Crippen molar-refractivity contribution in [2.24, 2.45) is 0 Å². The monoisotopic (exact) mass is 277 g/mol. The molecule has 0 saturated heterocycles. The van der Waals surface area contributed by atoms with Crippen molar-refractivity contribution in [2.45, 2.75) is 6.18 Å². The predicted octanol–water partition coefficient (Wildman–Crippen LogP) is 4.56. The van der Waals surface area contributed by atoms with Crippen molar-refractivity contribution in [3.05, 3.63) is 66.2 Å². The lowest BCUT2D eigenvalue weighted by Gasteiger charge is -2.13. The van der Waals surface area contributed by atoms with Gasteiger partial charge in [-0.15, -0.1) is 0 Å². The van der Waals surface area contributed by atoms with Crippen LogP contribution in [0.1, 0.15) is 11.1 Å². The lowest BCUT2D eigenvalue weighted by atomic mass is 9.97. The van der Waals surface area contributed by atoms with Gasteiger partial charge >= 0.3 is 6.18 Å². The van der Waals surface area contributed by atoms with Gasteiger partial charge in [-0.1, -0.05) is 43.0 Å². The van der Waals surface area contributed by atoms with Gasteiger partial charge in [0.2, 0.25) is 0 Å². The molecule has 2 rings (SSSR count). The molecule has 1 N–H and O–H groups in total. The van der Waals surface area contributed by atoms with Crippen molar-refractivity contribution in [3.8, 4) is 11.1 Å². The van der Waals surface area contributed by atoms with E-state index in [-0.39, 0.29) is 0 Å². The number of hydrogen-bond acceptors (Lipinski definition) is 1. The Kier molecular flexibility index (Phi) is 3.84. The van der Waals surface area contributed by atoms with Gasteiger partial charge in [0, 0.05) is 18.3 Å². The van der Waals surface area contributed by atoms with Gasteiger partial charge in [-0.05, 0) is 23.3 Å². The summed E-state index contributed by atoms with van der Waals surface area (Å²) in [4.78, 5) is 0. The second-order valence-electron chi connectivity index (χ2n) is 4.35. The third-order valence-electron chi connectivity index (χ3n) is 3.08. The van der Waals surface area contributed by atoms with Gasteiger partial charge in [0.15, 0.2) is 0 Å². The summed E-state index contributed by atoms with van der Waals surface area (Å²) in [6, 6.07) is 12.6. The third kappa shape index (κ3) is 2.85. The van der Waals surface area contributed by atoms with Crippen molar-refractivity contribution < 1.29 is 13.2 Å². The average Bonchev–Trinajstić information content (AvgIpc) is 2.45. The van der Waals surface area contributed by atoms with Gasteiger partial charge in [-0.3, -0.25) is 0 Å². The highest BCUT2D eigenvalue weighted by molar-refractivity contribution is 5.79. The van der Waals surface area contributed by atoms with E-state index in [9.17, 15) is 13.2 Å². The highest BCUT2D eigenvalue weighted by atomic mass is 19.4. The summed E-state index contributed by atoms with van der Waals surface area (Å²) in [7, 11) is 1.76. The highest BCUT2D eigenvalue weighted by Crippen LogP contribution is 2.32. The molecule has 0 bridgehead atoms. The van der Waals surface area contributed by atoms with Crippen LogP contribution in [-0.2, 0) is 6.18 Å². The van der Waals surface area contributed by atoms with Crippen LogP contribution >= 0.6 is 0 Å². The first kappa shape index (κ1) is 14.2. The minimum atomic E-state index is -4.31. The zero-order valence-electron chi connectivity index (χ0n) is 11.0. The van der Waals surface area contributed by atoms with Crippen molar-refractivity contribution >= 4 is 5.70 Å². The fourth-order valence-electron chi connectivity index (χ4n) is 1.97. The van der Waals surface area contributed by atoms with Crippen LogP contribution in [0.3, 0.4) is 0 Å². The van der Waals surface area contributed by atoms with E-state index in [4.69, 9.17) is 0 Å². The first-order valence-electron chi connectivity index (χ1n) is 6.07. The second kappa shape index (κ2) is 5.41. The van der Waals surface area contributed by atoms with Crippen LogP contribution in [-0.4, -0.2) is 7.05 Å². The molecule has 20 heavy (non-hydrogen) atoms. The number of hydrogen-bond donors (Lipinski definition) is 1. The van der Waals surface area contributed by atoms with E-state index in [1.165, 1.54) is 12.1 Å². The number of halogens is 3. The molecule has 0 aliphatic heterocycles. The SMILES string of the molecule is C=C(NC)c1ccccc1-c1ccc(C(F)(F)F)cc1. The summed E-state index contributed by atoms with van der Waals surface area (Å²) in [6.07, 6.45) is -4.31. The third-order valence-corrected chi connectivity index (χ3v) is 3.08. The van der Waals surface area contributed by atoms with Gasteiger partial charge < -0.3 is 5.32 Å². The lowest BCUT2D eigenvalue weighted by molar-refractivity contribution is -0.137. The van der Waals surface area contributed by atoms with Gasteiger partial charge in [0.25, 0.3) is 0 Å². The van der Waals surface area contributed by atoms with E-state index in [0.717, 1.165) is 34.5 Å². The lowest BCUT2D eigenvalue weighted by Crippen LogP contribution is -2.05. The molecule has 0 unspecified atom stereocenters. The smallest absolute Gasteiger partial charge is 0.388 e. The Bertz CT molecular complexity index is 612. The zero-order chi connectivity index (χ0) is 14.8. The maximum atomic E-state index is 12.6. The molecule has 104 valence electrons. The molecule has 0 heterocycles. The summed E-state index contributed by atoms with van der Waals surface area (Å²) < 4.78 is 37.7. The topological polar surface area (TPSA) is 12.0 Å². The number of benzene rings is 2. The van der Waals surface area contributed by atoms with E-state index in [1.807, 2.05) is 24.3 Å². The Morgan fingerprint density at radius 1 is 1.00 bits per heavy atom. The molecule has 0 aliphatic rings. The van der Waals surface area contributed by atoms with Crippen LogP contribution in [0.25, 0.3) is 16.8 Å². The van der Waals surface area contributed by atoms with Crippen LogP contribution in [0.4, 0.5) is 13.2 Å².